The number of carboxylic acids is 1. The summed E-state index contributed by atoms with van der Waals surface area (Å²) < 4.78 is 31.7. The number of nitrogens with one attached hydrogen (secondary N) is 1. The molecule has 2 N–H and O–H groups in total. The van der Waals surface area contributed by atoms with Crippen LogP contribution in [0.5, 0.6) is 0 Å². The van der Waals surface area contributed by atoms with Crippen molar-refractivity contribution in [3.05, 3.63) is 17.5 Å². The van der Waals surface area contributed by atoms with E-state index >= 15 is 0 Å². The molecule has 180 valence electrons. The molecule has 0 unspecified atom stereocenters. The highest BCUT2D eigenvalue weighted by Gasteiger charge is 2.47. The number of halogens is 3. The number of likely N-dealkylation sites (N-methyl/N-ethyl adjacent to an activating group) is 1. The summed E-state index contributed by atoms with van der Waals surface area (Å²) in [7, 11) is 1.85. The number of aromatic nitrogens is 2. The van der Waals surface area contributed by atoms with Gasteiger partial charge in [0.05, 0.1) is 11.3 Å². The summed E-state index contributed by atoms with van der Waals surface area (Å²) in [4.78, 5) is 46.9. The molecule has 1 aromatic heterocycles. The Kier molecular flexibility index (Phi) is 5.95. The molecule has 1 spiro atoms. The van der Waals surface area contributed by atoms with Crippen molar-refractivity contribution in [2.75, 3.05) is 32.0 Å². The first-order valence-electron chi connectivity index (χ1n) is 11.0. The van der Waals surface area contributed by atoms with E-state index in [4.69, 9.17) is 14.9 Å². The van der Waals surface area contributed by atoms with Gasteiger partial charge in [-0.15, -0.1) is 0 Å². The number of likely N-dealkylation sites (tertiary alicyclic amines) is 1. The smallest absolute Gasteiger partial charge is 0.475 e. The van der Waals surface area contributed by atoms with Crippen molar-refractivity contribution in [3.8, 4) is 0 Å². The molecular weight excluding hydrogens is 443 g/mol. The fraction of sp³-hybridized carbons (Fsp3) is 0.667. The highest BCUT2D eigenvalue weighted by molar-refractivity contribution is 5.96. The quantitative estimate of drug-likeness (QED) is 0.696. The third kappa shape index (κ3) is 5.03. The van der Waals surface area contributed by atoms with Crippen molar-refractivity contribution < 1.29 is 32.7 Å². The van der Waals surface area contributed by atoms with E-state index in [9.17, 15) is 22.8 Å². The van der Waals surface area contributed by atoms with Gasteiger partial charge in [-0.3, -0.25) is 9.59 Å². The number of alkyl halides is 3. The van der Waals surface area contributed by atoms with Crippen LogP contribution in [0.3, 0.4) is 0 Å². The first kappa shape index (κ1) is 23.2. The molecule has 2 aliphatic carbocycles. The van der Waals surface area contributed by atoms with Crippen LogP contribution in [0, 0.1) is 5.92 Å². The van der Waals surface area contributed by atoms with Gasteiger partial charge in [-0.1, -0.05) is 0 Å². The Morgan fingerprint density at radius 2 is 1.79 bits per heavy atom. The van der Waals surface area contributed by atoms with E-state index in [1.54, 1.807) is 11.1 Å². The average molecular weight is 469 g/mol. The standard InChI is InChI=1S/C19H25N5O2.C2HF3O2/c1-23-11-19(6-8-24(9-7-19)16(25)12-2-3-12)15-14(17(23)26)10-20-18(22-15)21-13-4-5-13;3-2(4,5)1(6)7/h10,12-13H,2-9,11H2,1H3,(H,20,21,22);(H,6,7). The maximum Gasteiger partial charge on any atom is 0.490 e. The highest BCUT2D eigenvalue weighted by atomic mass is 19.4. The van der Waals surface area contributed by atoms with Crippen LogP contribution in [-0.2, 0) is 15.0 Å². The number of piperidine rings is 1. The summed E-state index contributed by atoms with van der Waals surface area (Å²) in [6.45, 7) is 2.18. The summed E-state index contributed by atoms with van der Waals surface area (Å²) >= 11 is 0. The number of carbonyl (C=O) groups excluding carboxylic acids is 2. The number of rotatable bonds is 3. The molecule has 3 heterocycles. The van der Waals surface area contributed by atoms with Gasteiger partial charge in [0.1, 0.15) is 0 Å². The van der Waals surface area contributed by atoms with Gasteiger partial charge in [-0.05, 0) is 38.5 Å². The minimum absolute atomic E-state index is 0.0000772. The Morgan fingerprint density at radius 3 is 2.30 bits per heavy atom. The van der Waals surface area contributed by atoms with Crippen molar-refractivity contribution in [1.29, 1.82) is 0 Å². The van der Waals surface area contributed by atoms with Gasteiger partial charge in [0.2, 0.25) is 11.9 Å². The second kappa shape index (κ2) is 8.45. The third-order valence-electron chi connectivity index (χ3n) is 6.52. The van der Waals surface area contributed by atoms with Crippen LogP contribution in [0.25, 0.3) is 0 Å². The monoisotopic (exact) mass is 469 g/mol. The van der Waals surface area contributed by atoms with Crippen molar-refractivity contribution >= 4 is 23.7 Å². The molecule has 5 rings (SSSR count). The number of carbonyl (C=O) groups is 3. The summed E-state index contributed by atoms with van der Waals surface area (Å²) in [6, 6.07) is 0.476. The Morgan fingerprint density at radius 1 is 1.18 bits per heavy atom. The van der Waals surface area contributed by atoms with E-state index in [1.165, 1.54) is 0 Å². The molecule has 2 aliphatic heterocycles. The fourth-order valence-corrected chi connectivity index (χ4v) is 4.37. The summed E-state index contributed by atoms with van der Waals surface area (Å²) in [5.74, 6) is -1.53. The zero-order chi connectivity index (χ0) is 24.0. The number of carboxylic acid groups (broad SMARTS) is 1. The lowest BCUT2D eigenvalue weighted by Crippen LogP contribution is -2.54. The maximum absolute atomic E-state index is 12.6. The SMILES string of the molecule is CN1CC2(CCN(C(=O)C3CC3)CC2)c2nc(NC3CC3)ncc2C1=O.O=C(O)C(F)(F)F. The molecule has 33 heavy (non-hydrogen) atoms. The van der Waals surface area contributed by atoms with E-state index in [2.05, 4.69) is 10.3 Å². The van der Waals surface area contributed by atoms with Crippen LogP contribution in [0.15, 0.2) is 6.20 Å². The van der Waals surface area contributed by atoms with Gasteiger partial charge < -0.3 is 20.2 Å². The van der Waals surface area contributed by atoms with E-state index in [-0.39, 0.29) is 17.2 Å². The van der Waals surface area contributed by atoms with Gasteiger partial charge in [-0.2, -0.15) is 13.2 Å². The van der Waals surface area contributed by atoms with Crippen molar-refractivity contribution in [1.82, 2.24) is 19.8 Å². The predicted molar refractivity (Wildman–Crippen MR) is 110 cm³/mol. The summed E-state index contributed by atoms with van der Waals surface area (Å²) in [5.41, 5.74) is 1.35. The molecule has 0 atom stereocenters. The van der Waals surface area contributed by atoms with E-state index in [1.807, 2.05) is 11.9 Å². The molecule has 1 saturated heterocycles. The molecule has 2 saturated carbocycles. The topological polar surface area (TPSA) is 116 Å². The molecule has 0 radical (unpaired) electrons. The zero-order valence-electron chi connectivity index (χ0n) is 18.2. The number of amides is 2. The lowest BCUT2D eigenvalue weighted by Gasteiger charge is -2.46. The fourth-order valence-electron chi connectivity index (χ4n) is 4.37. The van der Waals surface area contributed by atoms with Crippen LogP contribution in [0.2, 0.25) is 0 Å². The molecule has 1 aromatic rings. The number of hydrogen-bond acceptors (Lipinski definition) is 6. The van der Waals surface area contributed by atoms with Crippen LogP contribution in [-0.4, -0.2) is 81.6 Å². The third-order valence-corrected chi connectivity index (χ3v) is 6.52. The van der Waals surface area contributed by atoms with Gasteiger partial charge in [-0.25, -0.2) is 14.8 Å². The van der Waals surface area contributed by atoms with E-state index in [0.717, 1.165) is 57.3 Å². The van der Waals surface area contributed by atoms with Gasteiger partial charge in [0.15, 0.2) is 0 Å². The summed E-state index contributed by atoms with van der Waals surface area (Å²) in [6.07, 6.45) is 2.73. The van der Waals surface area contributed by atoms with Gasteiger partial charge >= 0.3 is 12.1 Å². The second-order valence-corrected chi connectivity index (χ2v) is 9.22. The Labute approximate surface area is 188 Å². The van der Waals surface area contributed by atoms with Crippen LogP contribution < -0.4 is 5.32 Å². The second-order valence-electron chi connectivity index (χ2n) is 9.22. The van der Waals surface area contributed by atoms with Gasteiger partial charge in [0, 0.05) is 50.3 Å². The number of fused-ring (bicyclic) bond motifs is 2. The highest BCUT2D eigenvalue weighted by Crippen LogP contribution is 2.42. The van der Waals surface area contributed by atoms with E-state index < -0.39 is 12.1 Å². The predicted octanol–water partition coefficient (Wildman–Crippen LogP) is 2.04. The molecule has 0 aromatic carbocycles. The van der Waals surface area contributed by atoms with E-state index in [0.29, 0.717) is 30.0 Å². The Hall–Kier alpha value is -2.92. The Bertz CT molecular complexity index is 954. The molecule has 0 bridgehead atoms. The molecular formula is C21H26F3N5O4. The first-order chi connectivity index (χ1) is 15.5. The number of anilines is 1. The van der Waals surface area contributed by atoms with Crippen LogP contribution in [0.4, 0.5) is 19.1 Å². The van der Waals surface area contributed by atoms with Crippen LogP contribution >= 0.6 is 0 Å². The number of aliphatic carboxylic acids is 1. The van der Waals surface area contributed by atoms with Crippen LogP contribution in [0.1, 0.15) is 54.6 Å². The Balaban J connectivity index is 0.000000325. The average Bonchev–Trinajstić information content (AvgIpc) is 3.67. The van der Waals surface area contributed by atoms with Crippen molar-refractivity contribution in [2.45, 2.75) is 56.2 Å². The van der Waals surface area contributed by atoms with Gasteiger partial charge in [0.25, 0.3) is 5.91 Å². The minimum atomic E-state index is -5.08. The molecule has 12 heteroatoms. The lowest BCUT2D eigenvalue weighted by atomic mass is 9.71. The minimum Gasteiger partial charge on any atom is -0.475 e. The molecule has 3 fully saturated rings. The number of nitrogens with zero attached hydrogens (tertiary/aromatic N) is 4. The molecule has 9 nitrogen and oxygen atoms in total. The maximum atomic E-state index is 12.6. The molecule has 2 amide bonds. The normalized spacial score (nSPS) is 21.8. The summed E-state index contributed by atoms with van der Waals surface area (Å²) in [5, 5.41) is 10.5. The lowest BCUT2D eigenvalue weighted by molar-refractivity contribution is -0.192. The van der Waals surface area contributed by atoms with Crippen molar-refractivity contribution in [2.24, 2.45) is 5.92 Å². The largest absolute Gasteiger partial charge is 0.490 e. The zero-order valence-corrected chi connectivity index (χ0v) is 18.2. The molecule has 4 aliphatic rings. The number of hydrogen-bond donors (Lipinski definition) is 2. The first-order valence-corrected chi connectivity index (χ1v) is 11.0. The van der Waals surface area contributed by atoms with Crippen molar-refractivity contribution in [3.63, 3.8) is 0 Å².